The van der Waals surface area contributed by atoms with Crippen LogP contribution in [0.4, 0.5) is 5.69 Å². The molecule has 2 nitrogen and oxygen atoms in total. The number of hydrogen-bond acceptors (Lipinski definition) is 2. The van der Waals surface area contributed by atoms with Crippen LogP contribution in [0, 0.1) is 0 Å². The lowest BCUT2D eigenvalue weighted by Crippen LogP contribution is -2.10. The van der Waals surface area contributed by atoms with Gasteiger partial charge in [0.1, 0.15) is 7.05 Å². The fourth-order valence-corrected chi connectivity index (χ4v) is 2.65. The van der Waals surface area contributed by atoms with Gasteiger partial charge in [0, 0.05) is 25.0 Å². The van der Waals surface area contributed by atoms with Crippen molar-refractivity contribution < 1.29 is 4.58 Å². The second kappa shape index (κ2) is 5.21. The highest BCUT2D eigenvalue weighted by atomic mass is 32.2. The monoisotopic (exact) mass is 233 g/mol. The summed E-state index contributed by atoms with van der Waals surface area (Å²) < 4.78 is 2.29. The average molecular weight is 233 g/mol. The lowest BCUT2D eigenvalue weighted by atomic mass is 10.3. The molecule has 84 valence electrons. The molecule has 0 saturated carbocycles. The molecule has 3 heteroatoms. The van der Waals surface area contributed by atoms with Gasteiger partial charge in [-0.1, -0.05) is 30.0 Å². The first-order chi connectivity index (χ1) is 7.77. The van der Waals surface area contributed by atoms with Crippen molar-refractivity contribution in [1.82, 2.24) is 0 Å². The van der Waals surface area contributed by atoms with Crippen LogP contribution in [0.3, 0.4) is 0 Å². The van der Waals surface area contributed by atoms with E-state index in [0.29, 0.717) is 0 Å². The highest BCUT2D eigenvalue weighted by Gasteiger charge is 2.16. The number of para-hydroxylation sites is 1. The molecule has 0 bridgehead atoms. The van der Waals surface area contributed by atoms with E-state index in [-0.39, 0.29) is 0 Å². The van der Waals surface area contributed by atoms with Crippen molar-refractivity contribution in [3.8, 4) is 0 Å². The fourth-order valence-electron chi connectivity index (χ4n) is 1.61. The molecule has 0 aliphatic carbocycles. The summed E-state index contributed by atoms with van der Waals surface area (Å²) in [5.41, 5.74) is 1.21. The molecule has 1 aliphatic rings. The van der Waals surface area contributed by atoms with Gasteiger partial charge in [-0.2, -0.15) is 0 Å². The number of nitrogens with zero attached hydrogens (tertiary/aromatic N) is 2. The molecule has 2 rings (SSSR count). The maximum absolute atomic E-state index is 2.29. The first kappa shape index (κ1) is 11.3. The zero-order valence-corrected chi connectivity index (χ0v) is 10.6. The third-order valence-corrected chi connectivity index (χ3v) is 3.79. The Kier molecular flexibility index (Phi) is 3.67. The number of hydrogen-bond donors (Lipinski definition) is 0. The van der Waals surface area contributed by atoms with Gasteiger partial charge in [-0.05, 0) is 12.1 Å². The number of thioether (sulfide) groups is 1. The summed E-state index contributed by atoms with van der Waals surface area (Å²) in [6, 6.07) is 10.4. The summed E-state index contributed by atoms with van der Waals surface area (Å²) in [5.74, 6) is 1.20. The third kappa shape index (κ3) is 2.67. The Bertz CT molecular complexity index is 409. The van der Waals surface area contributed by atoms with Crippen LogP contribution in [0.5, 0.6) is 0 Å². The average Bonchev–Trinajstić information content (AvgIpc) is 2.73. The minimum Gasteiger partial charge on any atom is -0.351 e. The first-order valence-corrected chi connectivity index (χ1v) is 6.43. The van der Waals surface area contributed by atoms with Crippen LogP contribution in [-0.2, 0) is 0 Å². The normalized spacial score (nSPS) is 16.1. The molecule has 1 aromatic carbocycles. The van der Waals surface area contributed by atoms with Crippen molar-refractivity contribution in [2.24, 2.45) is 0 Å². The molecule has 0 atom stereocenters. The van der Waals surface area contributed by atoms with Crippen LogP contribution in [0.15, 0.2) is 42.6 Å². The van der Waals surface area contributed by atoms with Gasteiger partial charge in [-0.25, -0.2) is 4.58 Å². The van der Waals surface area contributed by atoms with E-state index in [9.17, 15) is 0 Å². The molecule has 0 saturated heterocycles. The fraction of sp³-hybridized carbons (Fsp3) is 0.308. The van der Waals surface area contributed by atoms with E-state index in [2.05, 4.69) is 60.1 Å². The molecule has 1 heterocycles. The molecule has 0 amide bonds. The first-order valence-electron chi connectivity index (χ1n) is 5.44. The van der Waals surface area contributed by atoms with Gasteiger partial charge in [0.05, 0.1) is 5.75 Å². The minimum atomic E-state index is 1.15. The molecule has 0 spiro atoms. The van der Waals surface area contributed by atoms with Gasteiger partial charge in [-0.3, -0.25) is 0 Å². The van der Waals surface area contributed by atoms with E-state index in [1.807, 2.05) is 17.8 Å². The van der Waals surface area contributed by atoms with E-state index in [1.165, 1.54) is 16.5 Å². The van der Waals surface area contributed by atoms with E-state index >= 15 is 0 Å². The maximum Gasteiger partial charge on any atom is 0.236 e. The van der Waals surface area contributed by atoms with Gasteiger partial charge >= 0.3 is 0 Å². The quantitative estimate of drug-likeness (QED) is 0.740. The molecule has 0 fully saturated rings. The highest BCUT2D eigenvalue weighted by molar-refractivity contribution is 8.14. The third-order valence-electron chi connectivity index (χ3n) is 2.66. The summed E-state index contributed by atoms with van der Waals surface area (Å²) in [7, 11) is 4.22. The molecule has 1 aromatic rings. The van der Waals surface area contributed by atoms with Crippen LogP contribution in [0.2, 0.25) is 0 Å². The minimum absolute atomic E-state index is 1.15. The lowest BCUT2D eigenvalue weighted by Gasteiger charge is -2.12. The standard InChI is InChI=1S/C13H17N2S/c1-14(12-6-4-3-5-7-12)9-8-13-15(2)10-11-16-13/h3-9H,10-11H2,1-2H3/q+1. The summed E-state index contributed by atoms with van der Waals surface area (Å²) in [5, 5.41) is 1.35. The topological polar surface area (TPSA) is 6.25 Å². The van der Waals surface area contributed by atoms with Crippen LogP contribution < -0.4 is 4.90 Å². The van der Waals surface area contributed by atoms with Gasteiger partial charge < -0.3 is 4.90 Å². The van der Waals surface area contributed by atoms with Crippen LogP contribution >= 0.6 is 11.8 Å². The van der Waals surface area contributed by atoms with Crippen molar-refractivity contribution in [2.75, 3.05) is 31.3 Å². The molecular weight excluding hydrogens is 216 g/mol. The Balaban J connectivity index is 2.05. The van der Waals surface area contributed by atoms with Crippen LogP contribution in [0.25, 0.3) is 0 Å². The van der Waals surface area contributed by atoms with E-state index in [4.69, 9.17) is 0 Å². The Morgan fingerprint density at radius 1 is 1.31 bits per heavy atom. The van der Waals surface area contributed by atoms with E-state index < -0.39 is 0 Å². The summed E-state index contributed by atoms with van der Waals surface area (Å²) >= 11 is 1.92. The van der Waals surface area contributed by atoms with E-state index in [1.54, 1.807) is 0 Å². The Hall–Kier alpha value is -1.22. The van der Waals surface area contributed by atoms with Crippen molar-refractivity contribution in [1.29, 1.82) is 0 Å². The predicted molar refractivity (Wildman–Crippen MR) is 72.5 cm³/mol. The Morgan fingerprint density at radius 2 is 2.06 bits per heavy atom. The zero-order chi connectivity index (χ0) is 11.4. The van der Waals surface area contributed by atoms with Crippen LogP contribution in [-0.4, -0.2) is 36.0 Å². The molecule has 0 radical (unpaired) electrons. The van der Waals surface area contributed by atoms with Crippen molar-refractivity contribution in [2.45, 2.75) is 0 Å². The summed E-state index contributed by atoms with van der Waals surface area (Å²) in [6.07, 6.45) is 4.31. The van der Waals surface area contributed by atoms with E-state index in [0.717, 1.165) is 6.54 Å². The number of benzene rings is 1. The van der Waals surface area contributed by atoms with Crippen molar-refractivity contribution >= 4 is 22.5 Å². The summed E-state index contributed by atoms with van der Waals surface area (Å²) in [4.78, 5) is 2.14. The number of rotatable bonds is 3. The van der Waals surface area contributed by atoms with Crippen molar-refractivity contribution in [3.05, 3.63) is 42.6 Å². The highest BCUT2D eigenvalue weighted by Crippen LogP contribution is 2.14. The largest absolute Gasteiger partial charge is 0.351 e. The Labute approximate surface area is 101 Å². The molecule has 1 aliphatic heterocycles. The lowest BCUT2D eigenvalue weighted by molar-refractivity contribution is -0.485. The van der Waals surface area contributed by atoms with Crippen molar-refractivity contribution in [3.63, 3.8) is 0 Å². The zero-order valence-electron chi connectivity index (χ0n) is 9.76. The predicted octanol–water partition coefficient (Wildman–Crippen LogP) is 2.42. The molecule has 0 N–H and O–H groups in total. The van der Waals surface area contributed by atoms with Gasteiger partial charge in [0.2, 0.25) is 5.04 Å². The Morgan fingerprint density at radius 3 is 2.69 bits per heavy atom. The second-order valence-electron chi connectivity index (χ2n) is 3.87. The molecular formula is C13H17N2S+. The second-order valence-corrected chi connectivity index (χ2v) is 4.99. The van der Waals surface area contributed by atoms with Gasteiger partial charge in [0.15, 0.2) is 6.54 Å². The molecule has 0 unspecified atom stereocenters. The molecule has 0 aromatic heterocycles. The molecule has 16 heavy (non-hydrogen) atoms. The van der Waals surface area contributed by atoms with Gasteiger partial charge in [-0.15, -0.1) is 0 Å². The smallest absolute Gasteiger partial charge is 0.236 e. The number of anilines is 1. The van der Waals surface area contributed by atoms with Crippen LogP contribution in [0.1, 0.15) is 0 Å². The SMILES string of the molecule is CN(/C=C/C1=[N+](C)CCS1)c1ccccc1. The van der Waals surface area contributed by atoms with Gasteiger partial charge in [0.25, 0.3) is 0 Å². The maximum atomic E-state index is 2.29. The summed E-state index contributed by atoms with van der Waals surface area (Å²) in [6.45, 7) is 1.15.